The van der Waals surface area contributed by atoms with E-state index in [0.29, 0.717) is 35.6 Å². The van der Waals surface area contributed by atoms with Crippen molar-refractivity contribution in [2.45, 2.75) is 39.8 Å². The predicted molar refractivity (Wildman–Crippen MR) is 98.5 cm³/mol. The van der Waals surface area contributed by atoms with Crippen LogP contribution in [0.3, 0.4) is 0 Å². The quantitative estimate of drug-likeness (QED) is 0.881. The van der Waals surface area contributed by atoms with E-state index in [1.165, 1.54) is 0 Å². The molecule has 1 amide bonds. The molecule has 136 valence electrons. The lowest BCUT2D eigenvalue weighted by Gasteiger charge is -2.38. The van der Waals surface area contributed by atoms with E-state index in [-0.39, 0.29) is 24.4 Å². The molecule has 1 aliphatic rings. The Balaban J connectivity index is 0.00000288. The fourth-order valence-corrected chi connectivity index (χ4v) is 2.69. The predicted octanol–water partition coefficient (Wildman–Crippen LogP) is 2.97. The van der Waals surface area contributed by atoms with Crippen molar-refractivity contribution in [3.63, 3.8) is 0 Å². The van der Waals surface area contributed by atoms with E-state index in [4.69, 9.17) is 9.47 Å². The highest BCUT2D eigenvalue weighted by Gasteiger charge is 2.29. The zero-order valence-electron chi connectivity index (χ0n) is 15.2. The summed E-state index contributed by atoms with van der Waals surface area (Å²) >= 11 is 0. The first-order valence-corrected chi connectivity index (χ1v) is 8.29. The third-order valence-corrected chi connectivity index (χ3v) is 4.28. The van der Waals surface area contributed by atoms with Crippen molar-refractivity contribution in [1.29, 1.82) is 0 Å². The number of halogens is 1. The van der Waals surface area contributed by atoms with Crippen molar-refractivity contribution in [3.8, 4) is 11.5 Å². The number of piperazine rings is 1. The van der Waals surface area contributed by atoms with Gasteiger partial charge in [-0.2, -0.15) is 0 Å². The summed E-state index contributed by atoms with van der Waals surface area (Å²) in [5.41, 5.74) is 0.639. The lowest BCUT2D eigenvalue weighted by molar-refractivity contribution is 0.0602. The SMILES string of the molecule is COc1cc(C(=O)N2CCNC(C)C2C)ccc1OCC(C)C.Cl. The van der Waals surface area contributed by atoms with Gasteiger partial charge in [0.2, 0.25) is 0 Å². The Bertz CT molecular complexity index is 551. The normalized spacial score (nSPS) is 20.5. The second-order valence-corrected chi connectivity index (χ2v) is 6.55. The highest BCUT2D eigenvalue weighted by atomic mass is 35.5. The minimum Gasteiger partial charge on any atom is -0.493 e. The Morgan fingerprint density at radius 1 is 1.33 bits per heavy atom. The van der Waals surface area contributed by atoms with Crippen LogP contribution in [0.5, 0.6) is 11.5 Å². The Labute approximate surface area is 151 Å². The third-order valence-electron chi connectivity index (χ3n) is 4.28. The van der Waals surface area contributed by atoms with Gasteiger partial charge < -0.3 is 19.7 Å². The summed E-state index contributed by atoms with van der Waals surface area (Å²) in [4.78, 5) is 14.7. The van der Waals surface area contributed by atoms with E-state index in [1.807, 2.05) is 17.0 Å². The number of carbonyl (C=O) groups is 1. The van der Waals surface area contributed by atoms with Gasteiger partial charge in [-0.15, -0.1) is 12.4 Å². The summed E-state index contributed by atoms with van der Waals surface area (Å²) in [7, 11) is 1.60. The summed E-state index contributed by atoms with van der Waals surface area (Å²) in [5.74, 6) is 1.76. The fraction of sp³-hybridized carbons (Fsp3) is 0.611. The average Bonchev–Trinajstić information content (AvgIpc) is 2.54. The minimum atomic E-state index is 0. The Morgan fingerprint density at radius 2 is 2.04 bits per heavy atom. The lowest BCUT2D eigenvalue weighted by atomic mass is 10.0. The molecule has 6 heteroatoms. The van der Waals surface area contributed by atoms with Crippen molar-refractivity contribution in [2.24, 2.45) is 5.92 Å². The molecule has 0 bridgehead atoms. The van der Waals surface area contributed by atoms with Crippen molar-refractivity contribution < 1.29 is 14.3 Å². The molecule has 5 nitrogen and oxygen atoms in total. The molecule has 0 aromatic heterocycles. The number of hydrogen-bond donors (Lipinski definition) is 1. The van der Waals surface area contributed by atoms with Crippen LogP contribution in [0.4, 0.5) is 0 Å². The standard InChI is InChI=1S/C18H28N2O3.ClH/c1-12(2)11-23-16-7-6-15(10-17(16)22-5)18(21)20-9-8-19-13(3)14(20)4;/h6-7,10,12-14,19H,8-9,11H2,1-5H3;1H. The number of nitrogens with one attached hydrogen (secondary N) is 1. The van der Waals surface area contributed by atoms with Crippen LogP contribution in [0.15, 0.2) is 18.2 Å². The molecule has 0 saturated carbocycles. The van der Waals surface area contributed by atoms with E-state index in [9.17, 15) is 4.79 Å². The molecule has 1 N–H and O–H groups in total. The molecule has 2 unspecified atom stereocenters. The molecule has 0 aliphatic carbocycles. The largest absolute Gasteiger partial charge is 0.493 e. The van der Waals surface area contributed by atoms with Gasteiger partial charge in [-0.1, -0.05) is 13.8 Å². The monoisotopic (exact) mass is 356 g/mol. The van der Waals surface area contributed by atoms with Crippen molar-refractivity contribution in [2.75, 3.05) is 26.8 Å². The van der Waals surface area contributed by atoms with Gasteiger partial charge in [-0.25, -0.2) is 0 Å². The van der Waals surface area contributed by atoms with Crippen LogP contribution < -0.4 is 14.8 Å². The van der Waals surface area contributed by atoms with Crippen LogP contribution in [-0.2, 0) is 0 Å². The van der Waals surface area contributed by atoms with Gasteiger partial charge in [0.25, 0.3) is 5.91 Å². The molecular formula is C18H29ClN2O3. The zero-order valence-corrected chi connectivity index (χ0v) is 16.0. The average molecular weight is 357 g/mol. The first-order chi connectivity index (χ1) is 10.9. The first kappa shape index (κ1) is 20.6. The molecule has 0 radical (unpaired) electrons. The number of rotatable bonds is 5. The van der Waals surface area contributed by atoms with Gasteiger partial charge in [-0.05, 0) is 38.0 Å². The van der Waals surface area contributed by atoms with Gasteiger partial charge in [-0.3, -0.25) is 4.79 Å². The van der Waals surface area contributed by atoms with Crippen LogP contribution >= 0.6 is 12.4 Å². The fourth-order valence-electron chi connectivity index (χ4n) is 2.69. The molecule has 0 spiro atoms. The van der Waals surface area contributed by atoms with Crippen LogP contribution in [0.1, 0.15) is 38.1 Å². The number of hydrogen-bond acceptors (Lipinski definition) is 4. The van der Waals surface area contributed by atoms with E-state index in [1.54, 1.807) is 13.2 Å². The Hall–Kier alpha value is -1.46. The van der Waals surface area contributed by atoms with Crippen LogP contribution in [0.2, 0.25) is 0 Å². The van der Waals surface area contributed by atoms with Crippen molar-refractivity contribution >= 4 is 18.3 Å². The molecule has 1 heterocycles. The first-order valence-electron chi connectivity index (χ1n) is 8.29. The molecule has 1 fully saturated rings. The maximum absolute atomic E-state index is 12.8. The molecule has 2 rings (SSSR count). The van der Waals surface area contributed by atoms with E-state index < -0.39 is 0 Å². The zero-order chi connectivity index (χ0) is 17.0. The molecule has 1 aromatic carbocycles. The summed E-state index contributed by atoms with van der Waals surface area (Å²) in [6.07, 6.45) is 0. The number of ether oxygens (including phenoxy) is 2. The minimum absolute atomic E-state index is 0. The number of carbonyl (C=O) groups excluding carboxylic acids is 1. The van der Waals surface area contributed by atoms with Crippen LogP contribution in [0, 0.1) is 5.92 Å². The number of nitrogens with zero attached hydrogens (tertiary/aromatic N) is 1. The van der Waals surface area contributed by atoms with Crippen LogP contribution in [0.25, 0.3) is 0 Å². The maximum atomic E-state index is 12.8. The number of benzene rings is 1. The van der Waals surface area contributed by atoms with Gasteiger partial charge in [0.15, 0.2) is 11.5 Å². The van der Waals surface area contributed by atoms with Crippen LogP contribution in [-0.4, -0.2) is 49.7 Å². The lowest BCUT2D eigenvalue weighted by Crippen LogP contribution is -2.57. The summed E-state index contributed by atoms with van der Waals surface area (Å²) < 4.78 is 11.1. The van der Waals surface area contributed by atoms with Crippen molar-refractivity contribution in [1.82, 2.24) is 10.2 Å². The maximum Gasteiger partial charge on any atom is 0.254 e. The summed E-state index contributed by atoms with van der Waals surface area (Å²) in [6, 6.07) is 5.88. The van der Waals surface area contributed by atoms with Gasteiger partial charge in [0.1, 0.15) is 0 Å². The van der Waals surface area contributed by atoms with Crippen molar-refractivity contribution in [3.05, 3.63) is 23.8 Å². The molecule has 1 aromatic rings. The molecule has 1 saturated heterocycles. The second-order valence-electron chi connectivity index (χ2n) is 6.55. The van der Waals surface area contributed by atoms with Gasteiger partial charge >= 0.3 is 0 Å². The summed E-state index contributed by atoms with van der Waals surface area (Å²) in [6.45, 7) is 10.5. The molecule has 24 heavy (non-hydrogen) atoms. The molecule has 1 aliphatic heterocycles. The van der Waals surface area contributed by atoms with Gasteiger partial charge in [0.05, 0.1) is 13.7 Å². The second kappa shape index (κ2) is 9.14. The topological polar surface area (TPSA) is 50.8 Å². The number of methoxy groups -OCH3 is 1. The van der Waals surface area contributed by atoms with E-state index >= 15 is 0 Å². The summed E-state index contributed by atoms with van der Waals surface area (Å²) in [5, 5.41) is 3.39. The van der Waals surface area contributed by atoms with E-state index in [2.05, 4.69) is 33.0 Å². The number of amides is 1. The molecule has 2 atom stereocenters. The smallest absolute Gasteiger partial charge is 0.254 e. The Kier molecular flexibility index (Phi) is 7.84. The highest BCUT2D eigenvalue weighted by molar-refractivity contribution is 5.95. The highest BCUT2D eigenvalue weighted by Crippen LogP contribution is 2.29. The van der Waals surface area contributed by atoms with Gasteiger partial charge in [0, 0.05) is 30.7 Å². The van der Waals surface area contributed by atoms with E-state index in [0.717, 1.165) is 13.1 Å². The third kappa shape index (κ3) is 4.77. The molecular weight excluding hydrogens is 328 g/mol. The Morgan fingerprint density at radius 3 is 2.67 bits per heavy atom.